The quantitative estimate of drug-likeness (QED) is 0.294. The van der Waals surface area contributed by atoms with E-state index >= 15 is 0 Å². The smallest absolute Gasteiger partial charge is 0.294 e. The topological polar surface area (TPSA) is 114 Å². The lowest BCUT2D eigenvalue weighted by Gasteiger charge is -2.14. The molecule has 1 aliphatic heterocycles. The second-order valence-electron chi connectivity index (χ2n) is 9.35. The van der Waals surface area contributed by atoms with Crippen LogP contribution in [0.15, 0.2) is 59.5 Å². The van der Waals surface area contributed by atoms with Gasteiger partial charge in [-0.25, -0.2) is 0 Å². The molecule has 3 aromatic carbocycles. The Labute approximate surface area is 246 Å². The molecule has 41 heavy (non-hydrogen) atoms. The lowest BCUT2D eigenvalue weighted by atomic mass is 10.1. The lowest BCUT2D eigenvalue weighted by Crippen LogP contribution is -2.36. The molecule has 0 atom stereocenters. The van der Waals surface area contributed by atoms with Crippen LogP contribution in [0.1, 0.15) is 22.3 Å². The summed E-state index contributed by atoms with van der Waals surface area (Å²) in [6, 6.07) is 15.9. The van der Waals surface area contributed by atoms with E-state index < -0.39 is 23.6 Å². The van der Waals surface area contributed by atoms with E-state index in [9.17, 15) is 19.2 Å². The van der Waals surface area contributed by atoms with Gasteiger partial charge in [0.1, 0.15) is 6.54 Å². The molecule has 0 spiro atoms. The molecule has 1 fully saturated rings. The zero-order valence-electron chi connectivity index (χ0n) is 22.9. The predicted molar refractivity (Wildman–Crippen MR) is 161 cm³/mol. The fourth-order valence-corrected chi connectivity index (χ4v) is 5.00. The highest BCUT2D eigenvalue weighted by molar-refractivity contribution is 8.18. The van der Waals surface area contributed by atoms with Crippen LogP contribution in [0.25, 0.3) is 6.08 Å². The standard InChI is InChI=1S/C30H28ClN3O6S/c1-17-5-8-21(9-6-17)32-27(36)16-40-28-23(31)12-20(13-24(28)39-4)14-25-29(37)34(30(38)41-25)15-26(35)33-22-10-7-18(2)19(3)11-22/h5-14H,15-16H2,1-4H3,(H,32,36)(H,33,35)/b25-14+. The maximum atomic E-state index is 13.0. The van der Waals surface area contributed by atoms with Crippen LogP contribution in [0, 0.1) is 20.8 Å². The average Bonchev–Trinajstić information content (AvgIpc) is 3.18. The molecule has 0 bridgehead atoms. The first-order valence-electron chi connectivity index (χ1n) is 12.5. The van der Waals surface area contributed by atoms with Crippen molar-refractivity contribution in [1.29, 1.82) is 0 Å². The summed E-state index contributed by atoms with van der Waals surface area (Å²) in [4.78, 5) is 51.4. The number of amides is 4. The first-order chi connectivity index (χ1) is 19.5. The van der Waals surface area contributed by atoms with E-state index in [4.69, 9.17) is 21.1 Å². The summed E-state index contributed by atoms with van der Waals surface area (Å²) in [7, 11) is 1.41. The molecule has 4 amide bonds. The fourth-order valence-electron chi connectivity index (χ4n) is 3.89. The molecule has 1 heterocycles. The molecule has 1 saturated heterocycles. The average molecular weight is 594 g/mol. The highest BCUT2D eigenvalue weighted by atomic mass is 35.5. The number of nitrogens with zero attached hydrogens (tertiary/aromatic N) is 1. The molecule has 11 heteroatoms. The van der Waals surface area contributed by atoms with Crippen molar-refractivity contribution in [3.05, 3.63) is 86.8 Å². The summed E-state index contributed by atoms with van der Waals surface area (Å²) in [5.74, 6) is -1.08. The van der Waals surface area contributed by atoms with E-state index in [1.807, 2.05) is 45.0 Å². The number of carbonyl (C=O) groups excluding carboxylic acids is 4. The van der Waals surface area contributed by atoms with Gasteiger partial charge in [0, 0.05) is 11.4 Å². The number of carbonyl (C=O) groups is 4. The number of ether oxygens (including phenoxy) is 2. The third-order valence-electron chi connectivity index (χ3n) is 6.20. The third-order valence-corrected chi connectivity index (χ3v) is 7.39. The van der Waals surface area contributed by atoms with Gasteiger partial charge in [-0.05, 0) is 91.7 Å². The zero-order chi connectivity index (χ0) is 29.7. The van der Waals surface area contributed by atoms with Gasteiger partial charge in [-0.3, -0.25) is 24.1 Å². The SMILES string of the molecule is COc1cc(/C=C2/SC(=O)N(CC(=O)Nc3ccc(C)c(C)c3)C2=O)cc(Cl)c1OCC(=O)Nc1ccc(C)cc1. The number of benzene rings is 3. The number of rotatable bonds is 9. The molecule has 0 unspecified atom stereocenters. The molecular weight excluding hydrogens is 566 g/mol. The minimum atomic E-state index is -0.599. The number of halogens is 1. The van der Waals surface area contributed by atoms with Gasteiger partial charge in [-0.1, -0.05) is 35.4 Å². The molecule has 9 nitrogen and oxygen atoms in total. The van der Waals surface area contributed by atoms with Gasteiger partial charge in [0.2, 0.25) is 5.91 Å². The van der Waals surface area contributed by atoms with E-state index in [1.165, 1.54) is 19.3 Å². The summed E-state index contributed by atoms with van der Waals surface area (Å²) in [5.41, 5.74) is 4.84. The first-order valence-corrected chi connectivity index (χ1v) is 13.7. The molecule has 2 N–H and O–H groups in total. The van der Waals surface area contributed by atoms with Crippen molar-refractivity contribution in [3.63, 3.8) is 0 Å². The Balaban J connectivity index is 1.41. The summed E-state index contributed by atoms with van der Waals surface area (Å²) in [6.45, 7) is 5.10. The van der Waals surface area contributed by atoms with Crippen LogP contribution >= 0.6 is 23.4 Å². The highest BCUT2D eigenvalue weighted by Crippen LogP contribution is 2.39. The normalized spacial score (nSPS) is 13.9. The molecule has 0 radical (unpaired) electrons. The van der Waals surface area contributed by atoms with Crippen molar-refractivity contribution in [2.45, 2.75) is 20.8 Å². The van der Waals surface area contributed by atoms with Crippen LogP contribution in [0.5, 0.6) is 11.5 Å². The van der Waals surface area contributed by atoms with Gasteiger partial charge in [-0.2, -0.15) is 0 Å². The van der Waals surface area contributed by atoms with Crippen molar-refractivity contribution in [2.24, 2.45) is 0 Å². The minimum Gasteiger partial charge on any atom is -0.493 e. The second kappa shape index (κ2) is 12.9. The Morgan fingerprint density at radius 3 is 2.29 bits per heavy atom. The van der Waals surface area contributed by atoms with Crippen LogP contribution in [0.3, 0.4) is 0 Å². The number of methoxy groups -OCH3 is 1. The maximum Gasteiger partial charge on any atom is 0.294 e. The molecule has 0 aliphatic carbocycles. The van der Waals surface area contributed by atoms with Gasteiger partial charge in [-0.15, -0.1) is 0 Å². The summed E-state index contributed by atoms with van der Waals surface area (Å²) < 4.78 is 11.0. The number of aryl methyl sites for hydroxylation is 3. The summed E-state index contributed by atoms with van der Waals surface area (Å²) in [6.07, 6.45) is 1.48. The lowest BCUT2D eigenvalue weighted by molar-refractivity contribution is -0.127. The molecule has 0 aromatic heterocycles. The Kier molecular flexibility index (Phi) is 9.36. The number of imide groups is 1. The molecule has 212 valence electrons. The van der Waals surface area contributed by atoms with E-state index in [1.54, 1.807) is 24.3 Å². The molecule has 0 saturated carbocycles. The Hall–Kier alpha value is -4.28. The monoisotopic (exact) mass is 593 g/mol. The fraction of sp³-hybridized carbons (Fsp3) is 0.200. The highest BCUT2D eigenvalue weighted by Gasteiger charge is 2.36. The maximum absolute atomic E-state index is 13.0. The Morgan fingerprint density at radius 1 is 0.927 bits per heavy atom. The number of anilines is 2. The van der Waals surface area contributed by atoms with Crippen LogP contribution < -0.4 is 20.1 Å². The van der Waals surface area contributed by atoms with Crippen molar-refractivity contribution >= 4 is 63.8 Å². The molecular formula is C30H28ClN3O6S. The van der Waals surface area contributed by atoms with E-state index in [0.717, 1.165) is 33.4 Å². The van der Waals surface area contributed by atoms with Gasteiger partial charge < -0.3 is 20.1 Å². The van der Waals surface area contributed by atoms with Crippen LogP contribution in [0.4, 0.5) is 16.2 Å². The van der Waals surface area contributed by atoms with Crippen LogP contribution in [-0.4, -0.2) is 48.1 Å². The van der Waals surface area contributed by atoms with Crippen molar-refractivity contribution in [3.8, 4) is 11.5 Å². The third kappa shape index (κ3) is 7.47. The van der Waals surface area contributed by atoms with Crippen molar-refractivity contribution in [2.75, 3.05) is 30.9 Å². The van der Waals surface area contributed by atoms with Crippen LogP contribution in [0.2, 0.25) is 5.02 Å². The Bertz CT molecular complexity index is 1550. The Morgan fingerprint density at radius 2 is 1.61 bits per heavy atom. The minimum absolute atomic E-state index is 0.123. The van der Waals surface area contributed by atoms with Crippen molar-refractivity contribution in [1.82, 2.24) is 4.90 Å². The van der Waals surface area contributed by atoms with Gasteiger partial charge in [0.25, 0.3) is 17.1 Å². The number of thioether (sulfide) groups is 1. The second-order valence-corrected chi connectivity index (χ2v) is 10.8. The number of hydrogen-bond acceptors (Lipinski definition) is 7. The first kappa shape index (κ1) is 29.7. The summed E-state index contributed by atoms with van der Waals surface area (Å²) in [5, 5.41) is 5.04. The number of nitrogens with one attached hydrogen (secondary N) is 2. The van der Waals surface area contributed by atoms with Gasteiger partial charge in [0.15, 0.2) is 18.1 Å². The van der Waals surface area contributed by atoms with Gasteiger partial charge >= 0.3 is 0 Å². The van der Waals surface area contributed by atoms with Crippen molar-refractivity contribution < 1.29 is 28.7 Å². The number of hydrogen-bond donors (Lipinski definition) is 2. The summed E-state index contributed by atoms with van der Waals surface area (Å²) >= 11 is 7.15. The van der Waals surface area contributed by atoms with E-state index in [0.29, 0.717) is 16.9 Å². The molecule has 1 aliphatic rings. The van der Waals surface area contributed by atoms with Gasteiger partial charge in [0.05, 0.1) is 17.0 Å². The molecule has 3 aromatic rings. The van der Waals surface area contributed by atoms with Crippen LogP contribution in [-0.2, 0) is 14.4 Å². The van der Waals surface area contributed by atoms with E-state index in [-0.39, 0.29) is 33.9 Å². The zero-order valence-corrected chi connectivity index (χ0v) is 24.4. The van der Waals surface area contributed by atoms with E-state index in [2.05, 4.69) is 10.6 Å². The predicted octanol–water partition coefficient (Wildman–Crippen LogP) is 5.97. The molecule has 4 rings (SSSR count). The largest absolute Gasteiger partial charge is 0.493 e.